The quantitative estimate of drug-likeness (QED) is 0.843. The van der Waals surface area contributed by atoms with Crippen molar-refractivity contribution in [3.63, 3.8) is 0 Å². The molecule has 18 heavy (non-hydrogen) atoms. The molecular weight excluding hydrogens is 248 g/mol. The zero-order chi connectivity index (χ0) is 13.4. The highest BCUT2D eigenvalue weighted by molar-refractivity contribution is 8.00. The standard InChI is InChI=1S/C13H22N2O2S/c1-12(2)11(17)15(8-10(16)14-12)9-13(18-3)6-4-5-7-13/h4-9H2,1-3H3,(H,14,16). The zero-order valence-electron chi connectivity index (χ0n) is 11.4. The van der Waals surface area contributed by atoms with Gasteiger partial charge in [-0.05, 0) is 32.9 Å². The minimum Gasteiger partial charge on any atom is -0.341 e. The molecule has 1 aliphatic carbocycles. The van der Waals surface area contributed by atoms with Crippen molar-refractivity contribution in [1.29, 1.82) is 0 Å². The molecule has 1 heterocycles. The Bertz CT molecular complexity index is 362. The van der Waals surface area contributed by atoms with E-state index in [1.807, 2.05) is 11.8 Å². The number of thioether (sulfide) groups is 1. The van der Waals surface area contributed by atoms with Crippen LogP contribution in [0.1, 0.15) is 39.5 Å². The van der Waals surface area contributed by atoms with E-state index in [2.05, 4.69) is 11.6 Å². The normalized spacial score (nSPS) is 26.3. The van der Waals surface area contributed by atoms with Gasteiger partial charge in [0.1, 0.15) is 5.54 Å². The van der Waals surface area contributed by atoms with Gasteiger partial charge in [0.15, 0.2) is 0 Å². The lowest BCUT2D eigenvalue weighted by Gasteiger charge is -2.41. The van der Waals surface area contributed by atoms with Gasteiger partial charge >= 0.3 is 0 Å². The van der Waals surface area contributed by atoms with Crippen LogP contribution in [-0.4, -0.2) is 46.3 Å². The van der Waals surface area contributed by atoms with Gasteiger partial charge in [0.25, 0.3) is 0 Å². The summed E-state index contributed by atoms with van der Waals surface area (Å²) < 4.78 is 0.170. The molecule has 2 amide bonds. The Morgan fingerprint density at radius 1 is 1.28 bits per heavy atom. The van der Waals surface area contributed by atoms with Crippen molar-refractivity contribution < 1.29 is 9.59 Å². The largest absolute Gasteiger partial charge is 0.341 e. The Kier molecular flexibility index (Phi) is 3.63. The van der Waals surface area contributed by atoms with E-state index >= 15 is 0 Å². The highest BCUT2D eigenvalue weighted by Crippen LogP contribution is 2.41. The molecule has 0 unspecified atom stereocenters. The fourth-order valence-corrected chi connectivity index (χ4v) is 3.99. The Balaban J connectivity index is 2.12. The molecule has 0 aromatic rings. The summed E-state index contributed by atoms with van der Waals surface area (Å²) in [5.41, 5.74) is -0.756. The maximum Gasteiger partial charge on any atom is 0.248 e. The molecule has 102 valence electrons. The van der Waals surface area contributed by atoms with Gasteiger partial charge < -0.3 is 10.2 Å². The van der Waals surface area contributed by atoms with Gasteiger partial charge in [-0.1, -0.05) is 12.8 Å². The van der Waals surface area contributed by atoms with Crippen LogP contribution in [0, 0.1) is 0 Å². The first-order valence-electron chi connectivity index (χ1n) is 6.54. The van der Waals surface area contributed by atoms with E-state index in [0.717, 1.165) is 12.8 Å². The number of rotatable bonds is 3. The van der Waals surface area contributed by atoms with E-state index in [1.165, 1.54) is 12.8 Å². The van der Waals surface area contributed by atoms with Gasteiger partial charge in [-0.15, -0.1) is 0 Å². The van der Waals surface area contributed by atoms with E-state index in [-0.39, 0.29) is 23.1 Å². The van der Waals surface area contributed by atoms with E-state index in [4.69, 9.17) is 0 Å². The highest BCUT2D eigenvalue weighted by atomic mass is 32.2. The molecule has 0 aromatic carbocycles. The zero-order valence-corrected chi connectivity index (χ0v) is 12.2. The second-order valence-electron chi connectivity index (χ2n) is 5.93. The van der Waals surface area contributed by atoms with Crippen LogP contribution in [0.5, 0.6) is 0 Å². The van der Waals surface area contributed by atoms with Crippen LogP contribution in [0.4, 0.5) is 0 Å². The molecule has 5 heteroatoms. The average Bonchev–Trinajstić information content (AvgIpc) is 2.74. The monoisotopic (exact) mass is 270 g/mol. The Morgan fingerprint density at radius 2 is 1.89 bits per heavy atom. The Hall–Kier alpha value is -0.710. The van der Waals surface area contributed by atoms with E-state index in [0.29, 0.717) is 6.54 Å². The van der Waals surface area contributed by atoms with Crippen LogP contribution in [-0.2, 0) is 9.59 Å². The third-order valence-electron chi connectivity index (χ3n) is 4.04. The summed E-state index contributed by atoms with van der Waals surface area (Å²) in [4.78, 5) is 25.8. The molecule has 2 aliphatic rings. The summed E-state index contributed by atoms with van der Waals surface area (Å²) in [7, 11) is 0. The van der Waals surface area contributed by atoms with Crippen LogP contribution >= 0.6 is 11.8 Å². The molecule has 0 bridgehead atoms. The molecule has 0 atom stereocenters. The molecule has 1 saturated heterocycles. The summed E-state index contributed by atoms with van der Waals surface area (Å²) in [5, 5.41) is 2.75. The van der Waals surface area contributed by atoms with Gasteiger partial charge in [0.2, 0.25) is 11.8 Å². The van der Waals surface area contributed by atoms with Crippen molar-refractivity contribution in [2.45, 2.75) is 49.8 Å². The van der Waals surface area contributed by atoms with Crippen molar-refractivity contribution in [2.75, 3.05) is 19.3 Å². The predicted octanol–water partition coefficient (Wildman–Crippen LogP) is 1.40. The first kappa shape index (κ1) is 13.7. The fraction of sp³-hybridized carbons (Fsp3) is 0.846. The lowest BCUT2D eigenvalue weighted by molar-refractivity contribution is -0.148. The van der Waals surface area contributed by atoms with Crippen LogP contribution in [0.3, 0.4) is 0 Å². The van der Waals surface area contributed by atoms with Crippen LogP contribution < -0.4 is 5.32 Å². The van der Waals surface area contributed by atoms with Crippen molar-refractivity contribution in [3.05, 3.63) is 0 Å². The lowest BCUT2D eigenvalue weighted by atomic mass is 9.98. The smallest absolute Gasteiger partial charge is 0.248 e. The molecule has 0 aromatic heterocycles. The Morgan fingerprint density at radius 3 is 2.44 bits per heavy atom. The fourth-order valence-electron chi connectivity index (χ4n) is 3.00. The number of piperazine rings is 1. The third-order valence-corrected chi connectivity index (χ3v) is 5.44. The summed E-state index contributed by atoms with van der Waals surface area (Å²) in [6.07, 6.45) is 6.89. The Labute approximate surface area is 113 Å². The molecule has 0 radical (unpaired) electrons. The highest BCUT2D eigenvalue weighted by Gasteiger charge is 2.43. The SMILES string of the molecule is CSC1(CN2CC(=O)NC(C)(C)C2=O)CCCC1. The molecule has 2 rings (SSSR count). The molecular formula is C13H22N2O2S. The number of amides is 2. The first-order chi connectivity index (χ1) is 8.38. The second-order valence-corrected chi connectivity index (χ2v) is 7.20. The maximum absolute atomic E-state index is 12.3. The van der Waals surface area contributed by atoms with E-state index in [1.54, 1.807) is 18.7 Å². The number of nitrogens with one attached hydrogen (secondary N) is 1. The van der Waals surface area contributed by atoms with E-state index in [9.17, 15) is 9.59 Å². The van der Waals surface area contributed by atoms with Crippen molar-refractivity contribution >= 4 is 23.6 Å². The van der Waals surface area contributed by atoms with Crippen LogP contribution in [0.2, 0.25) is 0 Å². The lowest BCUT2D eigenvalue weighted by Crippen LogP contribution is -2.65. The third kappa shape index (κ3) is 2.51. The van der Waals surface area contributed by atoms with Crippen molar-refractivity contribution in [1.82, 2.24) is 10.2 Å². The van der Waals surface area contributed by atoms with Gasteiger partial charge in [-0.3, -0.25) is 9.59 Å². The number of carbonyl (C=O) groups excluding carboxylic acids is 2. The average molecular weight is 270 g/mol. The van der Waals surface area contributed by atoms with Crippen LogP contribution in [0.15, 0.2) is 0 Å². The number of hydrogen-bond donors (Lipinski definition) is 1. The number of carbonyl (C=O) groups is 2. The molecule has 1 aliphatic heterocycles. The molecule has 0 spiro atoms. The summed E-state index contributed by atoms with van der Waals surface area (Å²) in [6, 6.07) is 0. The van der Waals surface area contributed by atoms with Gasteiger partial charge in [0, 0.05) is 11.3 Å². The van der Waals surface area contributed by atoms with Gasteiger partial charge in [-0.25, -0.2) is 0 Å². The minimum atomic E-state index is -0.756. The molecule has 4 nitrogen and oxygen atoms in total. The van der Waals surface area contributed by atoms with Gasteiger partial charge in [0.05, 0.1) is 6.54 Å². The second kappa shape index (κ2) is 4.76. The van der Waals surface area contributed by atoms with Crippen molar-refractivity contribution in [3.8, 4) is 0 Å². The van der Waals surface area contributed by atoms with Crippen LogP contribution in [0.25, 0.3) is 0 Å². The molecule has 2 fully saturated rings. The van der Waals surface area contributed by atoms with E-state index < -0.39 is 5.54 Å². The number of nitrogens with zero attached hydrogens (tertiary/aromatic N) is 1. The first-order valence-corrected chi connectivity index (χ1v) is 7.77. The maximum atomic E-state index is 12.3. The number of hydrogen-bond acceptors (Lipinski definition) is 3. The minimum absolute atomic E-state index is 0.0439. The topological polar surface area (TPSA) is 49.4 Å². The molecule has 1 N–H and O–H groups in total. The molecule has 1 saturated carbocycles. The van der Waals surface area contributed by atoms with Crippen molar-refractivity contribution in [2.24, 2.45) is 0 Å². The predicted molar refractivity (Wildman–Crippen MR) is 73.5 cm³/mol. The summed E-state index contributed by atoms with van der Waals surface area (Å²) in [6.45, 7) is 4.48. The summed E-state index contributed by atoms with van der Waals surface area (Å²) in [5.74, 6) is -0.00345. The summed E-state index contributed by atoms with van der Waals surface area (Å²) >= 11 is 1.85. The van der Waals surface area contributed by atoms with Gasteiger partial charge in [-0.2, -0.15) is 11.8 Å².